The molecule has 2 rings (SSSR count). The number of nitrogens with two attached hydrogens (primary N) is 1. The van der Waals surface area contributed by atoms with Gasteiger partial charge in [-0.25, -0.2) is 4.39 Å². The van der Waals surface area contributed by atoms with E-state index in [-0.39, 0.29) is 10.8 Å². The van der Waals surface area contributed by atoms with Crippen LogP contribution in [0.1, 0.15) is 5.56 Å². The zero-order valence-corrected chi connectivity index (χ0v) is 11.6. The number of hydrogen-bond acceptors (Lipinski definition) is 2. The average Bonchev–Trinajstić information content (AvgIpc) is 2.33. The molecule has 0 amide bonds. The summed E-state index contributed by atoms with van der Waals surface area (Å²) < 4.78 is 13.7. The molecule has 0 unspecified atom stereocenters. The summed E-state index contributed by atoms with van der Waals surface area (Å²) in [6, 6.07) is 10.2. The molecule has 0 spiro atoms. The molecule has 94 valence electrons. The highest BCUT2D eigenvalue weighted by molar-refractivity contribution is 7.98. The van der Waals surface area contributed by atoms with E-state index < -0.39 is 0 Å². The van der Waals surface area contributed by atoms with Gasteiger partial charge in [0.05, 0.1) is 5.02 Å². The molecule has 0 saturated carbocycles. The molecule has 5 heteroatoms. The number of anilines is 1. The number of halogens is 3. The van der Waals surface area contributed by atoms with Crippen molar-refractivity contribution in [3.05, 3.63) is 57.8 Å². The highest BCUT2D eigenvalue weighted by Crippen LogP contribution is 2.31. The zero-order chi connectivity index (χ0) is 13.1. The topological polar surface area (TPSA) is 26.0 Å². The molecule has 0 bridgehead atoms. The van der Waals surface area contributed by atoms with Gasteiger partial charge in [0.15, 0.2) is 0 Å². The van der Waals surface area contributed by atoms with Gasteiger partial charge in [0.25, 0.3) is 0 Å². The maximum atomic E-state index is 13.7. The van der Waals surface area contributed by atoms with Crippen LogP contribution in [0.2, 0.25) is 10.0 Å². The van der Waals surface area contributed by atoms with E-state index in [2.05, 4.69) is 0 Å². The van der Waals surface area contributed by atoms with Crippen LogP contribution in [0.25, 0.3) is 0 Å². The number of thioether (sulfide) groups is 1. The first-order valence-electron chi connectivity index (χ1n) is 5.18. The van der Waals surface area contributed by atoms with E-state index in [9.17, 15) is 4.39 Å². The van der Waals surface area contributed by atoms with Crippen molar-refractivity contribution in [1.29, 1.82) is 0 Å². The van der Waals surface area contributed by atoms with Crippen molar-refractivity contribution in [3.8, 4) is 0 Å². The van der Waals surface area contributed by atoms with Gasteiger partial charge >= 0.3 is 0 Å². The Morgan fingerprint density at radius 2 is 1.94 bits per heavy atom. The van der Waals surface area contributed by atoms with Crippen molar-refractivity contribution in [2.24, 2.45) is 0 Å². The molecule has 0 atom stereocenters. The number of rotatable bonds is 3. The lowest BCUT2D eigenvalue weighted by Gasteiger charge is -2.07. The van der Waals surface area contributed by atoms with Crippen LogP contribution in [0.5, 0.6) is 0 Å². The molecule has 2 aromatic rings. The van der Waals surface area contributed by atoms with E-state index in [0.717, 1.165) is 4.90 Å². The Hall–Kier alpha value is -0.900. The van der Waals surface area contributed by atoms with E-state index in [1.807, 2.05) is 6.07 Å². The van der Waals surface area contributed by atoms with Crippen molar-refractivity contribution in [1.82, 2.24) is 0 Å². The minimum absolute atomic E-state index is 0.136. The Morgan fingerprint density at radius 3 is 2.67 bits per heavy atom. The third kappa shape index (κ3) is 3.10. The van der Waals surface area contributed by atoms with Crippen LogP contribution in [0.15, 0.2) is 41.3 Å². The predicted molar refractivity (Wildman–Crippen MR) is 76.8 cm³/mol. The second-order valence-corrected chi connectivity index (χ2v) is 5.54. The monoisotopic (exact) mass is 301 g/mol. The van der Waals surface area contributed by atoms with Crippen LogP contribution >= 0.6 is 35.0 Å². The Balaban J connectivity index is 2.14. The minimum atomic E-state index is -0.376. The SMILES string of the molecule is Nc1cc(Cl)ccc1SCc1cccc(Cl)c1F. The Labute approximate surface area is 119 Å². The van der Waals surface area contributed by atoms with Gasteiger partial charge in [0.2, 0.25) is 0 Å². The molecule has 0 aliphatic heterocycles. The molecule has 0 saturated heterocycles. The predicted octanol–water partition coefficient (Wildman–Crippen LogP) is 5.01. The van der Waals surface area contributed by atoms with Crippen molar-refractivity contribution >= 4 is 40.7 Å². The standard InChI is InChI=1S/C13H10Cl2FNS/c14-9-4-5-12(11(17)6-9)18-7-8-2-1-3-10(15)13(8)16/h1-6H,7,17H2. The largest absolute Gasteiger partial charge is 0.398 e. The summed E-state index contributed by atoms with van der Waals surface area (Å²) in [6.45, 7) is 0. The highest BCUT2D eigenvalue weighted by Gasteiger charge is 2.08. The summed E-state index contributed by atoms with van der Waals surface area (Å²) in [6.07, 6.45) is 0. The second kappa shape index (κ2) is 5.83. The fourth-order valence-electron chi connectivity index (χ4n) is 1.47. The molecular formula is C13H10Cl2FNS. The summed E-state index contributed by atoms with van der Waals surface area (Å²) in [5.41, 5.74) is 6.98. The van der Waals surface area contributed by atoms with Gasteiger partial charge in [-0.15, -0.1) is 11.8 Å². The highest BCUT2D eigenvalue weighted by atomic mass is 35.5. The lowest BCUT2D eigenvalue weighted by molar-refractivity contribution is 0.618. The van der Waals surface area contributed by atoms with E-state index in [0.29, 0.717) is 22.0 Å². The molecule has 0 aliphatic rings. The fourth-order valence-corrected chi connectivity index (χ4v) is 2.76. The number of benzene rings is 2. The third-order valence-corrected chi connectivity index (χ3v) is 4.05. The van der Waals surface area contributed by atoms with Gasteiger partial charge in [-0.2, -0.15) is 0 Å². The van der Waals surface area contributed by atoms with Crippen molar-refractivity contribution in [2.75, 3.05) is 5.73 Å². The molecule has 0 heterocycles. The normalized spacial score (nSPS) is 10.6. The van der Waals surface area contributed by atoms with Gasteiger partial charge in [-0.05, 0) is 29.8 Å². The van der Waals surface area contributed by atoms with Crippen LogP contribution in [-0.2, 0) is 5.75 Å². The van der Waals surface area contributed by atoms with E-state index in [4.69, 9.17) is 28.9 Å². The van der Waals surface area contributed by atoms with Gasteiger partial charge in [-0.3, -0.25) is 0 Å². The van der Waals surface area contributed by atoms with Gasteiger partial charge in [-0.1, -0.05) is 35.3 Å². The fraction of sp³-hybridized carbons (Fsp3) is 0.0769. The van der Waals surface area contributed by atoms with Gasteiger partial charge < -0.3 is 5.73 Å². The van der Waals surface area contributed by atoms with Gasteiger partial charge in [0.1, 0.15) is 5.82 Å². The third-order valence-electron chi connectivity index (χ3n) is 2.39. The Bertz CT molecular complexity index is 575. The van der Waals surface area contributed by atoms with Crippen LogP contribution in [0, 0.1) is 5.82 Å². The smallest absolute Gasteiger partial charge is 0.145 e. The lowest BCUT2D eigenvalue weighted by Crippen LogP contribution is -1.91. The van der Waals surface area contributed by atoms with Gasteiger partial charge in [0, 0.05) is 21.4 Å². The molecule has 2 aromatic carbocycles. The van der Waals surface area contributed by atoms with Crippen molar-refractivity contribution < 1.29 is 4.39 Å². The molecule has 1 nitrogen and oxygen atoms in total. The molecule has 0 aliphatic carbocycles. The van der Waals surface area contributed by atoms with E-state index in [1.165, 1.54) is 17.8 Å². The van der Waals surface area contributed by atoms with Crippen LogP contribution in [0.3, 0.4) is 0 Å². The summed E-state index contributed by atoms with van der Waals surface area (Å²) in [5.74, 6) is 0.0947. The molecular weight excluding hydrogens is 292 g/mol. The van der Waals surface area contributed by atoms with Crippen molar-refractivity contribution in [3.63, 3.8) is 0 Å². The quantitative estimate of drug-likeness (QED) is 0.637. The Kier molecular flexibility index (Phi) is 4.38. The number of hydrogen-bond donors (Lipinski definition) is 1. The molecule has 0 fully saturated rings. The molecule has 0 aromatic heterocycles. The number of nitrogen functional groups attached to an aromatic ring is 1. The maximum Gasteiger partial charge on any atom is 0.145 e. The minimum Gasteiger partial charge on any atom is -0.398 e. The lowest BCUT2D eigenvalue weighted by atomic mass is 10.2. The summed E-state index contributed by atoms with van der Waals surface area (Å²) in [4.78, 5) is 0.874. The van der Waals surface area contributed by atoms with Crippen LogP contribution in [-0.4, -0.2) is 0 Å². The first-order chi connectivity index (χ1) is 8.58. The van der Waals surface area contributed by atoms with Crippen molar-refractivity contribution in [2.45, 2.75) is 10.6 Å². The molecule has 18 heavy (non-hydrogen) atoms. The summed E-state index contributed by atoms with van der Waals surface area (Å²) >= 11 is 13.0. The van der Waals surface area contributed by atoms with Crippen LogP contribution in [0.4, 0.5) is 10.1 Å². The first-order valence-corrected chi connectivity index (χ1v) is 6.93. The van der Waals surface area contributed by atoms with E-state index in [1.54, 1.807) is 24.3 Å². The van der Waals surface area contributed by atoms with E-state index >= 15 is 0 Å². The second-order valence-electron chi connectivity index (χ2n) is 3.68. The zero-order valence-electron chi connectivity index (χ0n) is 9.29. The average molecular weight is 302 g/mol. The molecule has 0 radical (unpaired) electrons. The summed E-state index contributed by atoms with van der Waals surface area (Å²) in [7, 11) is 0. The first kappa shape index (κ1) is 13.5. The Morgan fingerprint density at radius 1 is 1.17 bits per heavy atom. The molecule has 2 N–H and O–H groups in total. The maximum absolute atomic E-state index is 13.7. The summed E-state index contributed by atoms with van der Waals surface area (Å²) in [5, 5.41) is 0.725. The van der Waals surface area contributed by atoms with Crippen LogP contribution < -0.4 is 5.73 Å².